The van der Waals surface area contributed by atoms with Crippen LogP contribution in [0, 0.1) is 0 Å². The molecular weight excluding hydrogens is 192 g/mol. The number of ether oxygens (including phenoxy) is 2. The second-order valence-electron chi connectivity index (χ2n) is 2.42. The van der Waals surface area contributed by atoms with E-state index in [-0.39, 0.29) is 6.61 Å². The van der Waals surface area contributed by atoms with Crippen molar-refractivity contribution in [3.05, 3.63) is 22.7 Å². The molecule has 13 heavy (non-hydrogen) atoms. The molecule has 0 amide bonds. The fourth-order valence-electron chi connectivity index (χ4n) is 1.11. The number of benzene rings is 1. The number of aliphatic hydroxyl groups is 1. The average Bonchev–Trinajstić information content (AvgIpc) is 2.17. The maximum atomic E-state index is 9.03. The Balaban J connectivity index is 3.27. The topological polar surface area (TPSA) is 38.7 Å². The predicted molar refractivity (Wildman–Crippen MR) is 50.5 cm³/mol. The molecule has 1 rings (SSSR count). The summed E-state index contributed by atoms with van der Waals surface area (Å²) in [6.45, 7) is -0.167. The van der Waals surface area contributed by atoms with E-state index in [9.17, 15) is 0 Å². The van der Waals surface area contributed by atoms with Gasteiger partial charge in [-0.05, 0) is 12.1 Å². The van der Waals surface area contributed by atoms with E-state index in [4.69, 9.17) is 26.2 Å². The van der Waals surface area contributed by atoms with Gasteiger partial charge in [0.05, 0.1) is 25.8 Å². The molecule has 0 aliphatic carbocycles. The monoisotopic (exact) mass is 202 g/mol. The SMILES string of the molecule is COc1ccc(Cl)c(CO)c1OC. The Bertz CT molecular complexity index is 299. The van der Waals surface area contributed by atoms with Crippen LogP contribution in [0.25, 0.3) is 0 Å². The minimum absolute atomic E-state index is 0.167. The largest absolute Gasteiger partial charge is 0.493 e. The average molecular weight is 203 g/mol. The van der Waals surface area contributed by atoms with Crippen LogP contribution in [0.1, 0.15) is 5.56 Å². The molecule has 0 spiro atoms. The number of hydrogen-bond donors (Lipinski definition) is 1. The molecule has 0 saturated carbocycles. The van der Waals surface area contributed by atoms with Crippen molar-refractivity contribution in [1.82, 2.24) is 0 Å². The smallest absolute Gasteiger partial charge is 0.167 e. The standard InChI is InChI=1S/C9H11ClO3/c1-12-8-4-3-7(10)6(5-11)9(8)13-2/h3-4,11H,5H2,1-2H3. The Morgan fingerprint density at radius 1 is 1.31 bits per heavy atom. The van der Waals surface area contributed by atoms with E-state index >= 15 is 0 Å². The van der Waals surface area contributed by atoms with E-state index in [0.717, 1.165) is 0 Å². The highest BCUT2D eigenvalue weighted by Gasteiger charge is 2.12. The quantitative estimate of drug-likeness (QED) is 0.813. The van der Waals surface area contributed by atoms with Gasteiger partial charge in [-0.2, -0.15) is 0 Å². The van der Waals surface area contributed by atoms with Crippen LogP contribution in [0.4, 0.5) is 0 Å². The van der Waals surface area contributed by atoms with Gasteiger partial charge in [0.1, 0.15) is 0 Å². The lowest BCUT2D eigenvalue weighted by Crippen LogP contribution is -1.96. The summed E-state index contributed by atoms with van der Waals surface area (Å²) in [5.41, 5.74) is 0.545. The van der Waals surface area contributed by atoms with Crippen molar-refractivity contribution >= 4 is 11.6 Å². The van der Waals surface area contributed by atoms with Crippen molar-refractivity contribution in [2.24, 2.45) is 0 Å². The van der Waals surface area contributed by atoms with E-state index in [2.05, 4.69) is 0 Å². The highest BCUT2D eigenvalue weighted by Crippen LogP contribution is 2.35. The second kappa shape index (κ2) is 4.35. The maximum Gasteiger partial charge on any atom is 0.167 e. The van der Waals surface area contributed by atoms with Crippen LogP contribution < -0.4 is 9.47 Å². The van der Waals surface area contributed by atoms with Gasteiger partial charge in [-0.3, -0.25) is 0 Å². The van der Waals surface area contributed by atoms with Crippen LogP contribution in [0.3, 0.4) is 0 Å². The van der Waals surface area contributed by atoms with Crippen molar-refractivity contribution in [3.8, 4) is 11.5 Å². The van der Waals surface area contributed by atoms with E-state index in [0.29, 0.717) is 22.1 Å². The first-order valence-electron chi connectivity index (χ1n) is 3.74. The summed E-state index contributed by atoms with van der Waals surface area (Å²) >= 11 is 5.84. The van der Waals surface area contributed by atoms with Crippen LogP contribution in [-0.4, -0.2) is 19.3 Å². The molecule has 0 fully saturated rings. The molecule has 1 aromatic carbocycles. The third-order valence-corrected chi connectivity index (χ3v) is 2.10. The number of rotatable bonds is 3. The molecule has 0 saturated heterocycles. The zero-order valence-corrected chi connectivity index (χ0v) is 8.26. The van der Waals surface area contributed by atoms with Crippen molar-refractivity contribution in [3.63, 3.8) is 0 Å². The zero-order valence-electron chi connectivity index (χ0n) is 7.50. The number of halogens is 1. The van der Waals surface area contributed by atoms with Gasteiger partial charge in [0.15, 0.2) is 11.5 Å². The van der Waals surface area contributed by atoms with E-state index < -0.39 is 0 Å². The summed E-state index contributed by atoms with van der Waals surface area (Å²) in [6.07, 6.45) is 0. The van der Waals surface area contributed by atoms with Crippen LogP contribution >= 0.6 is 11.6 Å². The lowest BCUT2D eigenvalue weighted by atomic mass is 10.2. The molecule has 0 aliphatic rings. The summed E-state index contributed by atoms with van der Waals surface area (Å²) < 4.78 is 10.1. The highest BCUT2D eigenvalue weighted by atomic mass is 35.5. The van der Waals surface area contributed by atoms with Crippen molar-refractivity contribution in [2.45, 2.75) is 6.61 Å². The predicted octanol–water partition coefficient (Wildman–Crippen LogP) is 1.85. The first-order valence-corrected chi connectivity index (χ1v) is 4.12. The third-order valence-electron chi connectivity index (χ3n) is 1.75. The Morgan fingerprint density at radius 2 is 2.00 bits per heavy atom. The molecule has 0 atom stereocenters. The highest BCUT2D eigenvalue weighted by molar-refractivity contribution is 6.31. The van der Waals surface area contributed by atoms with Gasteiger partial charge in [-0.25, -0.2) is 0 Å². The Hall–Kier alpha value is -0.930. The summed E-state index contributed by atoms with van der Waals surface area (Å²) in [4.78, 5) is 0. The molecular formula is C9H11ClO3. The number of methoxy groups -OCH3 is 2. The summed E-state index contributed by atoms with van der Waals surface area (Å²) in [6, 6.07) is 3.36. The van der Waals surface area contributed by atoms with Gasteiger partial charge in [-0.1, -0.05) is 11.6 Å². The second-order valence-corrected chi connectivity index (χ2v) is 2.83. The molecule has 0 aromatic heterocycles. The van der Waals surface area contributed by atoms with E-state index in [1.165, 1.54) is 14.2 Å². The Morgan fingerprint density at radius 3 is 2.46 bits per heavy atom. The maximum absolute atomic E-state index is 9.03. The van der Waals surface area contributed by atoms with Gasteiger partial charge in [0, 0.05) is 5.56 Å². The molecule has 4 heteroatoms. The summed E-state index contributed by atoms with van der Waals surface area (Å²) in [5, 5.41) is 9.50. The molecule has 0 unspecified atom stereocenters. The minimum Gasteiger partial charge on any atom is -0.493 e. The first-order chi connectivity index (χ1) is 6.24. The first kappa shape index (κ1) is 10.2. The molecule has 0 radical (unpaired) electrons. The van der Waals surface area contributed by atoms with Crippen LogP contribution in [0.5, 0.6) is 11.5 Å². The summed E-state index contributed by atoms with van der Waals surface area (Å²) in [7, 11) is 3.04. The lowest BCUT2D eigenvalue weighted by molar-refractivity contribution is 0.270. The molecule has 72 valence electrons. The lowest BCUT2D eigenvalue weighted by Gasteiger charge is -2.12. The van der Waals surface area contributed by atoms with Gasteiger partial charge in [0.25, 0.3) is 0 Å². The van der Waals surface area contributed by atoms with Gasteiger partial charge in [-0.15, -0.1) is 0 Å². The van der Waals surface area contributed by atoms with E-state index in [1.54, 1.807) is 12.1 Å². The molecule has 1 N–H and O–H groups in total. The van der Waals surface area contributed by atoms with Crippen LogP contribution in [0.2, 0.25) is 5.02 Å². The van der Waals surface area contributed by atoms with Crippen LogP contribution in [-0.2, 0) is 6.61 Å². The number of hydrogen-bond acceptors (Lipinski definition) is 3. The Kier molecular flexibility index (Phi) is 3.39. The van der Waals surface area contributed by atoms with Crippen molar-refractivity contribution < 1.29 is 14.6 Å². The van der Waals surface area contributed by atoms with E-state index in [1.807, 2.05) is 0 Å². The summed E-state index contributed by atoms with van der Waals surface area (Å²) in [5.74, 6) is 1.05. The third kappa shape index (κ3) is 1.87. The van der Waals surface area contributed by atoms with Gasteiger partial charge in [0.2, 0.25) is 0 Å². The molecule has 1 aromatic rings. The van der Waals surface area contributed by atoms with Crippen molar-refractivity contribution in [1.29, 1.82) is 0 Å². The minimum atomic E-state index is -0.167. The fraction of sp³-hybridized carbons (Fsp3) is 0.333. The van der Waals surface area contributed by atoms with Crippen molar-refractivity contribution in [2.75, 3.05) is 14.2 Å². The molecule has 0 heterocycles. The van der Waals surface area contributed by atoms with Crippen LogP contribution in [0.15, 0.2) is 12.1 Å². The van der Waals surface area contributed by atoms with Gasteiger partial charge >= 0.3 is 0 Å². The molecule has 0 aliphatic heterocycles. The zero-order chi connectivity index (χ0) is 9.84. The van der Waals surface area contributed by atoms with Gasteiger partial charge < -0.3 is 14.6 Å². The normalized spacial score (nSPS) is 9.85. The molecule has 3 nitrogen and oxygen atoms in total. The Labute approximate surface area is 81.9 Å². The molecule has 0 bridgehead atoms. The number of aliphatic hydroxyl groups excluding tert-OH is 1. The fourth-order valence-corrected chi connectivity index (χ4v) is 1.32.